The zero-order chi connectivity index (χ0) is 18.3. The molecule has 1 aliphatic rings. The van der Waals surface area contributed by atoms with Crippen LogP contribution in [-0.2, 0) is 4.79 Å². The summed E-state index contributed by atoms with van der Waals surface area (Å²) in [5, 5.41) is 15.2. The minimum absolute atomic E-state index is 0.267. The molecule has 0 aliphatic carbocycles. The second kappa shape index (κ2) is 6.05. The molecular weight excluding hydrogens is 328 g/mol. The molecular formula is C20H16N4O2. The summed E-state index contributed by atoms with van der Waals surface area (Å²) in [6.45, 7) is 1.96. The normalized spacial score (nSPS) is 18.7. The van der Waals surface area contributed by atoms with Gasteiger partial charge in [0.05, 0.1) is 17.3 Å². The number of nitriles is 1. The first-order chi connectivity index (χ1) is 12.6. The van der Waals surface area contributed by atoms with E-state index in [9.17, 15) is 14.9 Å². The van der Waals surface area contributed by atoms with Crippen molar-refractivity contribution in [2.45, 2.75) is 12.8 Å². The van der Waals surface area contributed by atoms with Crippen LogP contribution in [0.1, 0.15) is 22.6 Å². The van der Waals surface area contributed by atoms with Gasteiger partial charge in [0.25, 0.3) is 5.56 Å². The summed E-state index contributed by atoms with van der Waals surface area (Å²) >= 11 is 0. The molecule has 0 saturated carbocycles. The van der Waals surface area contributed by atoms with Gasteiger partial charge in [-0.2, -0.15) is 5.26 Å². The molecule has 0 bridgehead atoms. The van der Waals surface area contributed by atoms with Crippen molar-refractivity contribution in [2.24, 2.45) is 5.92 Å². The highest BCUT2D eigenvalue weighted by Gasteiger charge is 2.40. The number of carbonyl (C=O) groups is 1. The van der Waals surface area contributed by atoms with E-state index < -0.39 is 17.7 Å². The van der Waals surface area contributed by atoms with Crippen LogP contribution >= 0.6 is 0 Å². The molecule has 6 nitrogen and oxygen atoms in total. The van der Waals surface area contributed by atoms with Gasteiger partial charge in [-0.15, -0.1) is 0 Å². The van der Waals surface area contributed by atoms with Crippen molar-refractivity contribution < 1.29 is 4.79 Å². The SMILES string of the molecule is Cc1ccc([C@H]2c3c([nH]n(-c4ccccc4)c3=O)NC(=O)[C@@H]2C#N)cc1. The number of hydrogen-bond acceptors (Lipinski definition) is 3. The molecule has 4 rings (SSSR count). The molecule has 1 amide bonds. The number of aromatic amines is 1. The Balaban J connectivity index is 1.94. The molecule has 2 N–H and O–H groups in total. The number of rotatable bonds is 2. The van der Waals surface area contributed by atoms with Crippen LogP contribution in [-0.4, -0.2) is 15.7 Å². The summed E-state index contributed by atoms with van der Waals surface area (Å²) in [4.78, 5) is 25.5. The summed E-state index contributed by atoms with van der Waals surface area (Å²) in [5.74, 6) is -1.64. The molecule has 2 aromatic carbocycles. The van der Waals surface area contributed by atoms with Gasteiger partial charge in [0, 0.05) is 5.92 Å². The minimum Gasteiger partial charge on any atom is -0.310 e. The van der Waals surface area contributed by atoms with E-state index in [0.29, 0.717) is 17.1 Å². The van der Waals surface area contributed by atoms with E-state index in [-0.39, 0.29) is 5.56 Å². The van der Waals surface area contributed by atoms with Gasteiger partial charge in [-0.3, -0.25) is 14.7 Å². The molecule has 0 radical (unpaired) electrons. The van der Waals surface area contributed by atoms with E-state index >= 15 is 0 Å². The number of nitrogens with zero attached hydrogens (tertiary/aromatic N) is 2. The average molecular weight is 344 g/mol. The zero-order valence-corrected chi connectivity index (χ0v) is 14.1. The summed E-state index contributed by atoms with van der Waals surface area (Å²) in [5.41, 5.74) is 2.64. The maximum Gasteiger partial charge on any atom is 0.277 e. The number of anilines is 1. The van der Waals surface area contributed by atoms with E-state index in [1.165, 1.54) is 4.68 Å². The van der Waals surface area contributed by atoms with Crippen LogP contribution in [0.3, 0.4) is 0 Å². The van der Waals surface area contributed by atoms with E-state index in [2.05, 4.69) is 16.5 Å². The molecule has 0 saturated heterocycles. The summed E-state index contributed by atoms with van der Waals surface area (Å²) in [6.07, 6.45) is 0. The first kappa shape index (κ1) is 15.9. The van der Waals surface area contributed by atoms with Gasteiger partial charge in [-0.25, -0.2) is 4.68 Å². The van der Waals surface area contributed by atoms with Crippen LogP contribution in [0.5, 0.6) is 0 Å². The number of benzene rings is 2. The predicted molar refractivity (Wildman–Crippen MR) is 97.1 cm³/mol. The second-order valence-corrected chi connectivity index (χ2v) is 6.36. The van der Waals surface area contributed by atoms with E-state index in [1.807, 2.05) is 49.4 Å². The summed E-state index contributed by atoms with van der Waals surface area (Å²) in [6, 6.07) is 18.7. The Bertz CT molecular complexity index is 1070. The number of hydrogen-bond donors (Lipinski definition) is 2. The molecule has 26 heavy (non-hydrogen) atoms. The Hall–Kier alpha value is -3.59. The fourth-order valence-corrected chi connectivity index (χ4v) is 3.38. The Morgan fingerprint density at radius 3 is 2.38 bits per heavy atom. The Labute approximate surface area is 149 Å². The number of nitrogens with one attached hydrogen (secondary N) is 2. The fraction of sp³-hybridized carbons (Fsp3) is 0.150. The third-order valence-corrected chi connectivity index (χ3v) is 4.69. The smallest absolute Gasteiger partial charge is 0.277 e. The Morgan fingerprint density at radius 1 is 1.04 bits per heavy atom. The second-order valence-electron chi connectivity index (χ2n) is 6.36. The quantitative estimate of drug-likeness (QED) is 0.749. The van der Waals surface area contributed by atoms with Crippen molar-refractivity contribution in [1.29, 1.82) is 5.26 Å². The van der Waals surface area contributed by atoms with Crippen molar-refractivity contribution in [2.75, 3.05) is 5.32 Å². The Kier molecular flexibility index (Phi) is 3.70. The standard InChI is InChI=1S/C20H16N4O2/c1-12-7-9-13(10-8-12)16-15(11-21)19(25)22-18-17(16)20(26)24(23-18)14-5-3-2-4-6-14/h2-10,15-16,23H,1H3,(H,22,25)/t15-,16-/m1/s1. The maximum atomic E-state index is 13.1. The molecule has 6 heteroatoms. The maximum absolute atomic E-state index is 13.1. The van der Waals surface area contributed by atoms with Crippen LogP contribution in [0.15, 0.2) is 59.4 Å². The molecule has 2 heterocycles. The number of amides is 1. The van der Waals surface area contributed by atoms with Crippen molar-refractivity contribution in [3.63, 3.8) is 0 Å². The molecule has 2 atom stereocenters. The highest BCUT2D eigenvalue weighted by Crippen LogP contribution is 2.38. The van der Waals surface area contributed by atoms with Crippen LogP contribution in [0.25, 0.3) is 5.69 Å². The number of carbonyl (C=O) groups excluding carboxylic acids is 1. The van der Waals surface area contributed by atoms with Gasteiger partial charge >= 0.3 is 0 Å². The van der Waals surface area contributed by atoms with E-state index in [1.54, 1.807) is 12.1 Å². The third-order valence-electron chi connectivity index (χ3n) is 4.69. The van der Waals surface area contributed by atoms with E-state index in [4.69, 9.17) is 0 Å². The highest BCUT2D eigenvalue weighted by molar-refractivity contribution is 5.97. The molecule has 0 unspecified atom stereocenters. The topological polar surface area (TPSA) is 90.7 Å². The average Bonchev–Trinajstić information content (AvgIpc) is 2.98. The number of H-pyrrole nitrogens is 1. The van der Waals surface area contributed by atoms with Gasteiger partial charge < -0.3 is 5.32 Å². The molecule has 1 aliphatic heterocycles. The minimum atomic E-state index is -0.960. The zero-order valence-electron chi connectivity index (χ0n) is 14.1. The molecule has 3 aromatic rings. The van der Waals surface area contributed by atoms with Crippen LogP contribution in [0.4, 0.5) is 5.82 Å². The third kappa shape index (κ3) is 2.42. The van der Waals surface area contributed by atoms with Gasteiger partial charge in [0.15, 0.2) is 0 Å². The lowest BCUT2D eigenvalue weighted by atomic mass is 9.79. The van der Waals surface area contributed by atoms with Crippen molar-refractivity contribution >= 4 is 11.7 Å². The van der Waals surface area contributed by atoms with Gasteiger partial charge in [0.2, 0.25) is 5.91 Å². The van der Waals surface area contributed by atoms with Gasteiger partial charge in [0.1, 0.15) is 11.7 Å². The molecule has 0 fully saturated rings. The first-order valence-electron chi connectivity index (χ1n) is 8.27. The Morgan fingerprint density at radius 2 is 1.73 bits per heavy atom. The van der Waals surface area contributed by atoms with Crippen molar-refractivity contribution in [1.82, 2.24) is 9.78 Å². The molecule has 1 aromatic heterocycles. The first-order valence-corrected chi connectivity index (χ1v) is 8.27. The molecule has 128 valence electrons. The largest absolute Gasteiger partial charge is 0.310 e. The number of fused-ring (bicyclic) bond motifs is 1. The van der Waals surface area contributed by atoms with Gasteiger partial charge in [-0.1, -0.05) is 48.0 Å². The number of aryl methyl sites for hydroxylation is 1. The predicted octanol–water partition coefficient (Wildman–Crippen LogP) is 2.70. The van der Waals surface area contributed by atoms with Crippen LogP contribution in [0, 0.1) is 24.2 Å². The summed E-state index contributed by atoms with van der Waals surface area (Å²) in [7, 11) is 0. The lowest BCUT2D eigenvalue weighted by Gasteiger charge is -2.26. The lowest BCUT2D eigenvalue weighted by Crippen LogP contribution is -2.35. The van der Waals surface area contributed by atoms with Gasteiger partial charge in [-0.05, 0) is 24.6 Å². The van der Waals surface area contributed by atoms with Crippen LogP contribution in [0.2, 0.25) is 0 Å². The van der Waals surface area contributed by atoms with Crippen LogP contribution < -0.4 is 10.9 Å². The van der Waals surface area contributed by atoms with E-state index in [0.717, 1.165) is 11.1 Å². The summed E-state index contributed by atoms with van der Waals surface area (Å²) < 4.78 is 1.39. The number of aromatic nitrogens is 2. The fourth-order valence-electron chi connectivity index (χ4n) is 3.38. The molecule has 0 spiro atoms. The monoisotopic (exact) mass is 344 g/mol. The van der Waals surface area contributed by atoms with Crippen molar-refractivity contribution in [3.05, 3.63) is 81.6 Å². The lowest BCUT2D eigenvalue weighted by molar-refractivity contribution is -0.119. The van der Waals surface area contributed by atoms with Crippen molar-refractivity contribution in [3.8, 4) is 11.8 Å². The highest BCUT2D eigenvalue weighted by atomic mass is 16.2. The number of para-hydroxylation sites is 1.